The number of Topliss-reactive ketones (excluding diaryl/α,β-unsaturated/α-hetero) is 2. The number of hydrogen-bond acceptors (Lipinski definition) is 4. The summed E-state index contributed by atoms with van der Waals surface area (Å²) in [6.45, 7) is 3.68. The molecule has 0 saturated heterocycles. The van der Waals surface area contributed by atoms with E-state index in [0.29, 0.717) is 35.9 Å². The fourth-order valence-corrected chi connectivity index (χ4v) is 7.51. The van der Waals surface area contributed by atoms with Crippen molar-refractivity contribution in [3.05, 3.63) is 0 Å². The second-order valence-electron chi connectivity index (χ2n) is 9.94. The largest absolute Gasteiger partial charge is 0.390 e. The zero-order valence-corrected chi connectivity index (χ0v) is 15.5. The number of aliphatic hydroxyl groups excluding tert-OH is 1. The van der Waals surface area contributed by atoms with Crippen molar-refractivity contribution in [3.63, 3.8) is 0 Å². The summed E-state index contributed by atoms with van der Waals surface area (Å²) in [4.78, 5) is 25.5. The van der Waals surface area contributed by atoms with E-state index in [9.17, 15) is 19.8 Å². The monoisotopic (exact) mass is 348 g/mol. The Kier molecular flexibility index (Phi) is 4.16. The number of aliphatic hydroxyl groups is 2. The topological polar surface area (TPSA) is 74.6 Å². The van der Waals surface area contributed by atoms with Gasteiger partial charge in [0.25, 0.3) is 0 Å². The predicted molar refractivity (Wildman–Crippen MR) is 93.7 cm³/mol. The van der Waals surface area contributed by atoms with E-state index in [0.717, 1.165) is 44.9 Å². The van der Waals surface area contributed by atoms with Crippen molar-refractivity contribution in [2.24, 2.45) is 40.9 Å². The molecule has 0 spiro atoms. The molecule has 0 heterocycles. The van der Waals surface area contributed by atoms with Crippen LogP contribution in [0.2, 0.25) is 0 Å². The molecule has 0 amide bonds. The fourth-order valence-electron chi connectivity index (χ4n) is 7.51. The highest BCUT2D eigenvalue weighted by Crippen LogP contribution is 2.63. The van der Waals surface area contributed by atoms with Crippen molar-refractivity contribution in [2.75, 3.05) is 6.61 Å². The Hall–Kier alpha value is -0.740. The van der Waals surface area contributed by atoms with Crippen LogP contribution in [0.5, 0.6) is 0 Å². The molecular formula is C21H32O4. The molecule has 0 aromatic carbocycles. The Morgan fingerprint density at radius 3 is 2.60 bits per heavy atom. The average Bonchev–Trinajstić information content (AvgIpc) is 2.89. The number of ketones is 2. The van der Waals surface area contributed by atoms with Crippen LogP contribution in [0, 0.1) is 40.9 Å². The van der Waals surface area contributed by atoms with Crippen LogP contribution in [0.4, 0.5) is 0 Å². The van der Waals surface area contributed by atoms with E-state index >= 15 is 0 Å². The summed E-state index contributed by atoms with van der Waals surface area (Å²) in [5.74, 6) is 2.06. The lowest BCUT2D eigenvalue weighted by atomic mass is 9.48. The summed E-state index contributed by atoms with van der Waals surface area (Å²) in [5, 5.41) is 19.8. The van der Waals surface area contributed by atoms with Crippen molar-refractivity contribution in [1.82, 2.24) is 0 Å². The zero-order chi connectivity index (χ0) is 18.0. The van der Waals surface area contributed by atoms with E-state index in [2.05, 4.69) is 6.92 Å². The Bertz CT molecular complexity index is 582. The predicted octanol–water partition coefficient (Wildman–Crippen LogP) is 2.75. The molecule has 8 atom stereocenters. The van der Waals surface area contributed by atoms with Crippen molar-refractivity contribution >= 4 is 11.6 Å². The second-order valence-corrected chi connectivity index (χ2v) is 9.94. The maximum atomic E-state index is 13.2. The molecule has 4 aliphatic carbocycles. The van der Waals surface area contributed by atoms with Gasteiger partial charge >= 0.3 is 0 Å². The van der Waals surface area contributed by atoms with Gasteiger partial charge in [0.1, 0.15) is 12.4 Å². The first-order valence-electron chi connectivity index (χ1n) is 10.2. The minimum atomic E-state index is -0.563. The van der Waals surface area contributed by atoms with Gasteiger partial charge < -0.3 is 10.2 Å². The molecule has 4 fully saturated rings. The van der Waals surface area contributed by atoms with Crippen LogP contribution in [0.15, 0.2) is 0 Å². The summed E-state index contributed by atoms with van der Waals surface area (Å²) >= 11 is 0. The average molecular weight is 348 g/mol. The summed E-state index contributed by atoms with van der Waals surface area (Å²) in [6.07, 6.45) is 7.15. The van der Waals surface area contributed by atoms with Gasteiger partial charge in [-0.05, 0) is 81.0 Å². The van der Waals surface area contributed by atoms with Gasteiger partial charge in [0.2, 0.25) is 0 Å². The Morgan fingerprint density at radius 2 is 1.88 bits per heavy atom. The van der Waals surface area contributed by atoms with Crippen molar-refractivity contribution in [2.45, 2.75) is 70.8 Å². The third-order valence-electron chi connectivity index (χ3n) is 8.51. The van der Waals surface area contributed by atoms with Gasteiger partial charge in [-0.2, -0.15) is 0 Å². The van der Waals surface area contributed by atoms with Crippen LogP contribution in [0.1, 0.15) is 65.2 Å². The molecule has 4 rings (SSSR count). The Labute approximate surface area is 150 Å². The lowest BCUT2D eigenvalue weighted by molar-refractivity contribution is -0.153. The van der Waals surface area contributed by atoms with E-state index in [-0.39, 0.29) is 23.0 Å². The minimum Gasteiger partial charge on any atom is -0.390 e. The fraction of sp³-hybridized carbons (Fsp3) is 0.905. The number of hydrogen-bond donors (Lipinski definition) is 2. The first-order chi connectivity index (χ1) is 11.8. The molecule has 0 unspecified atom stereocenters. The highest BCUT2D eigenvalue weighted by atomic mass is 16.3. The Morgan fingerprint density at radius 1 is 1.12 bits per heavy atom. The first-order valence-corrected chi connectivity index (χ1v) is 10.2. The smallest absolute Gasteiger partial charge is 0.161 e. The molecule has 140 valence electrons. The van der Waals surface area contributed by atoms with Crippen molar-refractivity contribution in [3.8, 4) is 0 Å². The highest BCUT2D eigenvalue weighted by Gasteiger charge is 2.61. The standard InChI is InChI=1S/C21H32O4/c1-20(25)8-7-13-12(9-20)3-4-14-15-5-6-16(18(24)11-22)21(15,2)10-17(23)19(13)14/h12-16,19,22,25H,3-11H2,1-2H3/t12-,13-,14-,15-,16+,19+,20+,21-/m0/s1. The SMILES string of the molecule is C[C@@]1(O)CC[C@H]2[C@@H](CC[C@@H]3[C@@H]2C(=O)C[C@]2(C)[C@@H](C(=O)CO)CC[C@@H]32)C1. The molecule has 4 aliphatic rings. The van der Waals surface area contributed by atoms with Gasteiger partial charge in [0.15, 0.2) is 5.78 Å². The number of carbonyl (C=O) groups is 2. The summed E-state index contributed by atoms with van der Waals surface area (Å²) in [5.41, 5.74) is -0.808. The van der Waals surface area contributed by atoms with Crippen LogP contribution >= 0.6 is 0 Å². The molecule has 4 nitrogen and oxygen atoms in total. The van der Waals surface area contributed by atoms with E-state index in [1.54, 1.807) is 0 Å². The summed E-state index contributed by atoms with van der Waals surface area (Å²) in [6, 6.07) is 0. The molecule has 0 aromatic rings. The third-order valence-corrected chi connectivity index (χ3v) is 8.51. The number of carbonyl (C=O) groups excluding carboxylic acids is 2. The Balaban J connectivity index is 1.61. The molecule has 0 bridgehead atoms. The van der Waals surface area contributed by atoms with Crippen LogP contribution in [0.25, 0.3) is 0 Å². The van der Waals surface area contributed by atoms with Crippen LogP contribution in [0.3, 0.4) is 0 Å². The van der Waals surface area contributed by atoms with Gasteiger partial charge in [-0.3, -0.25) is 9.59 Å². The molecule has 0 aromatic heterocycles. The lowest BCUT2D eigenvalue weighted by Crippen LogP contribution is -2.54. The van der Waals surface area contributed by atoms with E-state index in [1.165, 1.54) is 0 Å². The van der Waals surface area contributed by atoms with Crippen LogP contribution in [-0.2, 0) is 9.59 Å². The van der Waals surface area contributed by atoms with Gasteiger partial charge in [-0.25, -0.2) is 0 Å². The van der Waals surface area contributed by atoms with Crippen molar-refractivity contribution < 1.29 is 19.8 Å². The van der Waals surface area contributed by atoms with Gasteiger partial charge in [0.05, 0.1) is 5.60 Å². The third kappa shape index (κ3) is 2.63. The number of fused-ring (bicyclic) bond motifs is 5. The maximum Gasteiger partial charge on any atom is 0.161 e. The highest BCUT2D eigenvalue weighted by molar-refractivity contribution is 5.87. The van der Waals surface area contributed by atoms with Gasteiger partial charge in [-0.1, -0.05) is 6.92 Å². The second kappa shape index (κ2) is 5.88. The molecular weight excluding hydrogens is 316 g/mol. The van der Waals surface area contributed by atoms with Crippen LogP contribution < -0.4 is 0 Å². The first kappa shape index (κ1) is 17.7. The van der Waals surface area contributed by atoms with Crippen molar-refractivity contribution in [1.29, 1.82) is 0 Å². The molecule has 4 saturated carbocycles. The summed E-state index contributed by atoms with van der Waals surface area (Å²) < 4.78 is 0. The summed E-state index contributed by atoms with van der Waals surface area (Å²) in [7, 11) is 0. The zero-order valence-electron chi connectivity index (χ0n) is 15.5. The van der Waals surface area contributed by atoms with Gasteiger partial charge in [-0.15, -0.1) is 0 Å². The lowest BCUT2D eigenvalue weighted by Gasteiger charge is -2.55. The molecule has 0 radical (unpaired) electrons. The van der Waals surface area contributed by atoms with E-state index in [1.807, 2.05) is 6.92 Å². The van der Waals surface area contributed by atoms with E-state index in [4.69, 9.17) is 0 Å². The quantitative estimate of drug-likeness (QED) is 0.805. The molecule has 0 aliphatic heterocycles. The molecule has 2 N–H and O–H groups in total. The van der Waals surface area contributed by atoms with Gasteiger partial charge in [0, 0.05) is 18.3 Å². The molecule has 25 heavy (non-hydrogen) atoms. The normalized spacial score (nSPS) is 52.2. The van der Waals surface area contributed by atoms with E-state index < -0.39 is 12.2 Å². The van der Waals surface area contributed by atoms with Crippen LogP contribution in [-0.4, -0.2) is 34.0 Å². The maximum absolute atomic E-state index is 13.2. The molecule has 4 heteroatoms. The number of rotatable bonds is 2. The minimum absolute atomic E-state index is 0.0707.